The maximum atomic E-state index is 12.7. The van der Waals surface area contributed by atoms with Gasteiger partial charge in [-0.05, 0) is 49.2 Å². The number of carbonyl (C=O) groups excluding carboxylic acids is 1. The number of nitrogens with one attached hydrogen (secondary N) is 2. The molecule has 0 aliphatic carbocycles. The lowest BCUT2D eigenvalue weighted by atomic mass is 9.87. The van der Waals surface area contributed by atoms with Crippen LogP contribution in [0.15, 0.2) is 54.6 Å². The van der Waals surface area contributed by atoms with E-state index in [1.165, 1.54) is 0 Å². The van der Waals surface area contributed by atoms with E-state index in [-0.39, 0.29) is 17.9 Å². The average Bonchev–Trinajstić information content (AvgIpc) is 2.60. The number of amides is 1. The van der Waals surface area contributed by atoms with E-state index in [0.717, 1.165) is 30.0 Å². The lowest BCUT2D eigenvalue weighted by Crippen LogP contribution is -2.50. The maximum Gasteiger partial charge on any atom is 0.223 e. The summed E-state index contributed by atoms with van der Waals surface area (Å²) in [6.07, 6.45) is 0. The highest BCUT2D eigenvalue weighted by molar-refractivity contribution is 5.79. The van der Waals surface area contributed by atoms with Crippen molar-refractivity contribution < 1.29 is 9.53 Å². The quantitative estimate of drug-likeness (QED) is 0.815. The minimum absolute atomic E-state index is 0.00941. The van der Waals surface area contributed by atoms with Crippen molar-refractivity contribution in [3.63, 3.8) is 0 Å². The van der Waals surface area contributed by atoms with Gasteiger partial charge in [0.2, 0.25) is 5.91 Å². The first-order valence-electron chi connectivity index (χ1n) is 8.98. The second-order valence-corrected chi connectivity index (χ2v) is 6.56. The largest absolute Gasteiger partial charge is 0.494 e. The van der Waals surface area contributed by atoms with Gasteiger partial charge in [0.25, 0.3) is 0 Å². The van der Waals surface area contributed by atoms with Crippen molar-refractivity contribution >= 4 is 5.91 Å². The van der Waals surface area contributed by atoms with Crippen LogP contribution in [0, 0.1) is 11.8 Å². The molecule has 4 heteroatoms. The molecule has 132 valence electrons. The molecule has 25 heavy (non-hydrogen) atoms. The zero-order valence-electron chi connectivity index (χ0n) is 14.9. The van der Waals surface area contributed by atoms with Gasteiger partial charge in [0, 0.05) is 5.92 Å². The van der Waals surface area contributed by atoms with Gasteiger partial charge < -0.3 is 15.4 Å². The van der Waals surface area contributed by atoms with Gasteiger partial charge in [0.05, 0.1) is 12.6 Å². The molecule has 0 aromatic heterocycles. The topological polar surface area (TPSA) is 50.4 Å². The van der Waals surface area contributed by atoms with Crippen LogP contribution in [-0.2, 0) is 4.79 Å². The highest BCUT2D eigenvalue weighted by Gasteiger charge is 2.30. The minimum atomic E-state index is -0.153. The highest BCUT2D eigenvalue weighted by Crippen LogP contribution is 2.26. The Labute approximate surface area is 149 Å². The Bertz CT molecular complexity index is 681. The van der Waals surface area contributed by atoms with Crippen LogP contribution >= 0.6 is 0 Å². The first kappa shape index (κ1) is 17.5. The van der Waals surface area contributed by atoms with Crippen LogP contribution in [0.25, 0.3) is 0 Å². The van der Waals surface area contributed by atoms with E-state index in [1.807, 2.05) is 56.3 Å². The second kappa shape index (κ2) is 8.17. The van der Waals surface area contributed by atoms with Crippen LogP contribution in [0.4, 0.5) is 0 Å². The lowest BCUT2D eigenvalue weighted by molar-refractivity contribution is -0.127. The van der Waals surface area contributed by atoms with Crippen molar-refractivity contribution in [2.24, 2.45) is 11.8 Å². The molecule has 2 atom stereocenters. The molecule has 4 nitrogen and oxygen atoms in total. The summed E-state index contributed by atoms with van der Waals surface area (Å²) in [5.41, 5.74) is 2.14. The van der Waals surface area contributed by atoms with Crippen molar-refractivity contribution in [2.75, 3.05) is 19.7 Å². The smallest absolute Gasteiger partial charge is 0.223 e. The van der Waals surface area contributed by atoms with Crippen molar-refractivity contribution in [3.8, 4) is 5.75 Å². The van der Waals surface area contributed by atoms with Gasteiger partial charge in [-0.2, -0.15) is 0 Å². The first-order valence-corrected chi connectivity index (χ1v) is 8.98. The molecule has 2 aromatic rings. The van der Waals surface area contributed by atoms with Crippen molar-refractivity contribution in [3.05, 3.63) is 65.7 Å². The molecule has 1 amide bonds. The summed E-state index contributed by atoms with van der Waals surface area (Å²) in [5.74, 6) is 1.39. The predicted octanol–water partition coefficient (Wildman–Crippen LogP) is 3.15. The molecule has 1 aliphatic heterocycles. The third-order valence-corrected chi connectivity index (χ3v) is 4.88. The van der Waals surface area contributed by atoms with Crippen LogP contribution in [0.5, 0.6) is 5.75 Å². The van der Waals surface area contributed by atoms with Crippen LogP contribution in [0.1, 0.15) is 31.0 Å². The highest BCUT2D eigenvalue weighted by atomic mass is 16.5. The van der Waals surface area contributed by atoms with Crippen molar-refractivity contribution in [1.29, 1.82) is 0 Å². The number of rotatable bonds is 7. The van der Waals surface area contributed by atoms with Crippen molar-refractivity contribution in [1.82, 2.24) is 10.6 Å². The number of carbonyl (C=O) groups is 1. The molecule has 0 bridgehead atoms. The van der Waals surface area contributed by atoms with Gasteiger partial charge in [-0.25, -0.2) is 0 Å². The SMILES string of the molecule is CCOc1ccc(C(NC(=O)C(C)C2CNC2)c2ccccc2)cc1. The molecule has 1 fully saturated rings. The second-order valence-electron chi connectivity index (χ2n) is 6.56. The Balaban J connectivity index is 1.81. The van der Waals surface area contributed by atoms with E-state index in [0.29, 0.717) is 12.5 Å². The third-order valence-electron chi connectivity index (χ3n) is 4.88. The fourth-order valence-corrected chi connectivity index (χ4v) is 3.08. The zero-order chi connectivity index (χ0) is 17.6. The molecule has 0 radical (unpaired) electrons. The predicted molar refractivity (Wildman–Crippen MR) is 99.6 cm³/mol. The molecule has 3 rings (SSSR count). The molecular formula is C21H26N2O2. The number of benzene rings is 2. The molecule has 1 saturated heterocycles. The van der Waals surface area contributed by atoms with Gasteiger partial charge in [-0.3, -0.25) is 4.79 Å². The van der Waals surface area contributed by atoms with E-state index in [2.05, 4.69) is 22.8 Å². The van der Waals surface area contributed by atoms with Crippen LogP contribution in [0.3, 0.4) is 0 Å². The van der Waals surface area contributed by atoms with Crippen LogP contribution in [0.2, 0.25) is 0 Å². The molecule has 0 saturated carbocycles. The summed E-state index contributed by atoms with van der Waals surface area (Å²) in [6, 6.07) is 17.9. The van der Waals surface area contributed by atoms with Crippen LogP contribution < -0.4 is 15.4 Å². The molecule has 1 aliphatic rings. The number of hydrogen-bond acceptors (Lipinski definition) is 3. The average molecular weight is 338 g/mol. The zero-order valence-corrected chi connectivity index (χ0v) is 14.9. The molecule has 2 unspecified atom stereocenters. The Morgan fingerprint density at radius 3 is 2.32 bits per heavy atom. The summed E-state index contributed by atoms with van der Waals surface area (Å²) in [5, 5.41) is 6.48. The fraction of sp³-hybridized carbons (Fsp3) is 0.381. The monoisotopic (exact) mass is 338 g/mol. The molecule has 2 aromatic carbocycles. The molecule has 2 N–H and O–H groups in total. The summed E-state index contributed by atoms with van der Waals surface area (Å²) >= 11 is 0. The van der Waals surface area contributed by atoms with Gasteiger partial charge in [-0.1, -0.05) is 49.4 Å². The number of hydrogen-bond donors (Lipinski definition) is 2. The first-order chi connectivity index (χ1) is 12.2. The Kier molecular flexibility index (Phi) is 5.71. The lowest BCUT2D eigenvalue weighted by Gasteiger charge is -2.33. The summed E-state index contributed by atoms with van der Waals surface area (Å²) in [7, 11) is 0. The molecular weight excluding hydrogens is 312 g/mol. The van der Waals surface area contributed by atoms with Crippen LogP contribution in [-0.4, -0.2) is 25.6 Å². The third kappa shape index (κ3) is 4.20. The summed E-state index contributed by atoms with van der Waals surface area (Å²) < 4.78 is 5.52. The van der Waals surface area contributed by atoms with E-state index in [1.54, 1.807) is 0 Å². The van der Waals surface area contributed by atoms with Gasteiger partial charge in [0.1, 0.15) is 5.75 Å². The fourth-order valence-electron chi connectivity index (χ4n) is 3.08. The van der Waals surface area contributed by atoms with E-state index < -0.39 is 0 Å². The Hall–Kier alpha value is -2.33. The molecule has 1 heterocycles. The number of ether oxygens (including phenoxy) is 1. The Morgan fingerprint density at radius 2 is 1.76 bits per heavy atom. The van der Waals surface area contributed by atoms with Gasteiger partial charge in [-0.15, -0.1) is 0 Å². The normalized spacial score (nSPS) is 16.6. The maximum absolute atomic E-state index is 12.7. The summed E-state index contributed by atoms with van der Waals surface area (Å²) in [6.45, 7) is 6.48. The van der Waals surface area contributed by atoms with E-state index in [4.69, 9.17) is 4.74 Å². The Morgan fingerprint density at radius 1 is 1.12 bits per heavy atom. The van der Waals surface area contributed by atoms with Gasteiger partial charge in [0.15, 0.2) is 0 Å². The summed E-state index contributed by atoms with van der Waals surface area (Å²) in [4.78, 5) is 12.7. The van der Waals surface area contributed by atoms with Crippen molar-refractivity contribution in [2.45, 2.75) is 19.9 Å². The van der Waals surface area contributed by atoms with Gasteiger partial charge >= 0.3 is 0 Å². The minimum Gasteiger partial charge on any atom is -0.494 e. The standard InChI is InChI=1S/C21H26N2O2/c1-3-25-19-11-9-17(10-12-19)20(16-7-5-4-6-8-16)23-21(24)15(2)18-13-22-14-18/h4-12,15,18,20,22H,3,13-14H2,1-2H3,(H,23,24). The van der Waals surface area contributed by atoms with E-state index >= 15 is 0 Å². The molecule has 0 spiro atoms. The van der Waals surface area contributed by atoms with E-state index in [9.17, 15) is 4.79 Å².